The van der Waals surface area contributed by atoms with Crippen LogP contribution in [0.5, 0.6) is 0 Å². The topological polar surface area (TPSA) is 53.8 Å². The van der Waals surface area contributed by atoms with E-state index in [9.17, 15) is 0 Å². The van der Waals surface area contributed by atoms with Crippen molar-refractivity contribution in [3.63, 3.8) is 0 Å². The zero-order valence-electron chi connectivity index (χ0n) is 8.23. The maximum Gasteiger partial charge on any atom is 0.177 e. The molecule has 0 saturated heterocycles. The number of thiazole rings is 1. The normalized spacial score (nSPS) is 10.8. The molecule has 0 spiro atoms. The van der Waals surface area contributed by atoms with E-state index in [0.29, 0.717) is 11.3 Å². The van der Waals surface area contributed by atoms with Crippen LogP contribution < -0.4 is 0 Å². The van der Waals surface area contributed by atoms with E-state index in [1.54, 1.807) is 17.5 Å². The van der Waals surface area contributed by atoms with Crippen molar-refractivity contribution >= 4 is 23.6 Å². The standard InChI is InChI=1S/C9H11N3OS2/c1-6-2-10-8(15-6)4-12-7(5-13)3-11-9(12)14/h2-3,13H,4-5H2,1H3,(H,11,14). The molecule has 0 radical (unpaired) electrons. The molecule has 2 rings (SSSR count). The van der Waals surface area contributed by atoms with Crippen LogP contribution in [0.1, 0.15) is 15.6 Å². The highest BCUT2D eigenvalue weighted by atomic mass is 32.1. The maximum atomic E-state index is 9.11. The molecule has 0 aliphatic carbocycles. The molecule has 15 heavy (non-hydrogen) atoms. The number of nitrogens with zero attached hydrogens (tertiary/aromatic N) is 2. The first kappa shape index (κ1) is 10.5. The lowest BCUT2D eigenvalue weighted by molar-refractivity contribution is 0.271. The molecule has 0 fully saturated rings. The summed E-state index contributed by atoms with van der Waals surface area (Å²) in [7, 11) is 0. The van der Waals surface area contributed by atoms with Crippen LogP contribution >= 0.6 is 23.6 Å². The molecule has 4 nitrogen and oxygen atoms in total. The first-order valence-electron chi connectivity index (χ1n) is 4.50. The minimum atomic E-state index is -0.0164. The van der Waals surface area contributed by atoms with Crippen LogP contribution in [0.2, 0.25) is 0 Å². The number of hydrogen-bond donors (Lipinski definition) is 2. The molecule has 0 aliphatic heterocycles. The molecule has 0 saturated carbocycles. The molecule has 2 aromatic rings. The Morgan fingerprint density at radius 2 is 2.47 bits per heavy atom. The third-order valence-electron chi connectivity index (χ3n) is 2.08. The molecule has 0 atom stereocenters. The summed E-state index contributed by atoms with van der Waals surface area (Å²) < 4.78 is 2.47. The molecule has 0 aromatic carbocycles. The lowest BCUT2D eigenvalue weighted by atomic mass is 10.5. The lowest BCUT2D eigenvalue weighted by Gasteiger charge is -2.02. The van der Waals surface area contributed by atoms with E-state index in [2.05, 4.69) is 9.97 Å². The average Bonchev–Trinajstić information content (AvgIpc) is 2.76. The second-order valence-electron chi connectivity index (χ2n) is 3.19. The average molecular weight is 241 g/mol. The summed E-state index contributed by atoms with van der Waals surface area (Å²) in [5, 5.41) is 10.1. The molecule has 6 heteroatoms. The highest BCUT2D eigenvalue weighted by Crippen LogP contribution is 2.14. The molecule has 2 N–H and O–H groups in total. The van der Waals surface area contributed by atoms with Gasteiger partial charge in [-0.25, -0.2) is 4.98 Å². The number of aliphatic hydroxyl groups excluding tert-OH is 1. The summed E-state index contributed by atoms with van der Waals surface area (Å²) in [6.07, 6.45) is 3.57. The van der Waals surface area contributed by atoms with Gasteiger partial charge in [-0.3, -0.25) is 0 Å². The van der Waals surface area contributed by atoms with Crippen molar-refractivity contribution in [2.75, 3.05) is 0 Å². The van der Waals surface area contributed by atoms with E-state index < -0.39 is 0 Å². The van der Waals surface area contributed by atoms with Crippen molar-refractivity contribution < 1.29 is 5.11 Å². The predicted molar refractivity (Wildman–Crippen MR) is 61.5 cm³/mol. The minimum Gasteiger partial charge on any atom is -0.390 e. The number of aromatic nitrogens is 3. The van der Waals surface area contributed by atoms with Gasteiger partial charge in [-0.1, -0.05) is 0 Å². The Kier molecular flexibility index (Phi) is 2.99. The minimum absolute atomic E-state index is 0.0164. The summed E-state index contributed by atoms with van der Waals surface area (Å²) in [5.74, 6) is 0. The number of imidazole rings is 1. The SMILES string of the molecule is Cc1cnc(Cn2c(CO)c[nH]c2=S)s1. The zero-order chi connectivity index (χ0) is 10.8. The number of aliphatic hydroxyl groups is 1. The molecule has 0 aliphatic rings. The fraction of sp³-hybridized carbons (Fsp3) is 0.333. The lowest BCUT2D eigenvalue weighted by Crippen LogP contribution is -2.03. The van der Waals surface area contributed by atoms with E-state index in [0.717, 1.165) is 10.7 Å². The number of hydrogen-bond acceptors (Lipinski definition) is 4. The van der Waals surface area contributed by atoms with E-state index in [-0.39, 0.29) is 6.61 Å². The Hall–Kier alpha value is -0.980. The highest BCUT2D eigenvalue weighted by Gasteiger charge is 2.05. The Morgan fingerprint density at radius 3 is 3.07 bits per heavy atom. The molecular weight excluding hydrogens is 230 g/mol. The first-order valence-corrected chi connectivity index (χ1v) is 5.72. The Morgan fingerprint density at radius 1 is 1.67 bits per heavy atom. The highest BCUT2D eigenvalue weighted by molar-refractivity contribution is 7.71. The summed E-state index contributed by atoms with van der Waals surface area (Å²) >= 11 is 6.76. The number of H-pyrrole nitrogens is 1. The predicted octanol–water partition coefficient (Wildman–Crippen LogP) is 1.85. The van der Waals surface area contributed by atoms with Gasteiger partial charge in [-0.05, 0) is 19.1 Å². The summed E-state index contributed by atoms with van der Waals surface area (Å²) in [6.45, 7) is 2.62. The van der Waals surface area contributed by atoms with Crippen molar-refractivity contribution in [2.24, 2.45) is 0 Å². The van der Waals surface area contributed by atoms with E-state index in [4.69, 9.17) is 17.3 Å². The van der Waals surface area contributed by atoms with Gasteiger partial charge in [0.15, 0.2) is 4.77 Å². The second-order valence-corrected chi connectivity index (χ2v) is 4.90. The van der Waals surface area contributed by atoms with Crippen LogP contribution in [-0.4, -0.2) is 19.6 Å². The van der Waals surface area contributed by atoms with Gasteiger partial charge in [0.2, 0.25) is 0 Å². The molecule has 0 amide bonds. The molecule has 2 aromatic heterocycles. The van der Waals surface area contributed by atoms with Gasteiger partial charge in [0, 0.05) is 17.3 Å². The number of rotatable bonds is 3. The quantitative estimate of drug-likeness (QED) is 0.806. The second kappa shape index (κ2) is 4.26. The molecule has 80 valence electrons. The fourth-order valence-electron chi connectivity index (χ4n) is 1.35. The van der Waals surface area contributed by atoms with Gasteiger partial charge in [-0.15, -0.1) is 11.3 Å². The monoisotopic (exact) mass is 241 g/mol. The van der Waals surface area contributed by atoms with Crippen molar-refractivity contribution in [1.82, 2.24) is 14.5 Å². The maximum absolute atomic E-state index is 9.11. The van der Waals surface area contributed by atoms with E-state index in [1.165, 1.54) is 4.88 Å². The third kappa shape index (κ3) is 2.17. The van der Waals surface area contributed by atoms with Crippen LogP contribution in [0.15, 0.2) is 12.4 Å². The van der Waals surface area contributed by atoms with Gasteiger partial charge in [0.25, 0.3) is 0 Å². The van der Waals surface area contributed by atoms with Gasteiger partial charge in [0.1, 0.15) is 5.01 Å². The largest absolute Gasteiger partial charge is 0.390 e. The number of nitrogens with one attached hydrogen (secondary N) is 1. The Bertz CT molecular complexity index is 511. The molecular formula is C9H11N3OS2. The van der Waals surface area contributed by atoms with Gasteiger partial charge in [-0.2, -0.15) is 0 Å². The molecule has 0 bridgehead atoms. The summed E-state index contributed by atoms with van der Waals surface area (Å²) in [4.78, 5) is 8.35. The van der Waals surface area contributed by atoms with Crippen molar-refractivity contribution in [3.8, 4) is 0 Å². The van der Waals surface area contributed by atoms with Crippen LogP contribution in [0.3, 0.4) is 0 Å². The summed E-state index contributed by atoms with van der Waals surface area (Å²) in [5.41, 5.74) is 0.785. The van der Waals surface area contributed by atoms with Gasteiger partial charge >= 0.3 is 0 Å². The van der Waals surface area contributed by atoms with Crippen LogP contribution in [0, 0.1) is 11.7 Å². The van der Waals surface area contributed by atoms with Crippen LogP contribution in [0.4, 0.5) is 0 Å². The van der Waals surface area contributed by atoms with Gasteiger partial charge < -0.3 is 14.7 Å². The van der Waals surface area contributed by atoms with Crippen molar-refractivity contribution in [3.05, 3.63) is 32.7 Å². The molecule has 2 heterocycles. The zero-order valence-corrected chi connectivity index (χ0v) is 9.86. The number of aromatic amines is 1. The van der Waals surface area contributed by atoms with Crippen molar-refractivity contribution in [2.45, 2.75) is 20.1 Å². The smallest absolute Gasteiger partial charge is 0.177 e. The Labute approximate surface area is 96.2 Å². The van der Waals surface area contributed by atoms with Crippen LogP contribution in [-0.2, 0) is 13.2 Å². The third-order valence-corrected chi connectivity index (χ3v) is 3.31. The van der Waals surface area contributed by atoms with E-state index in [1.807, 2.05) is 17.7 Å². The molecule has 0 unspecified atom stereocenters. The summed E-state index contributed by atoms with van der Waals surface area (Å²) in [6, 6.07) is 0. The van der Waals surface area contributed by atoms with Crippen molar-refractivity contribution in [1.29, 1.82) is 0 Å². The van der Waals surface area contributed by atoms with Crippen LogP contribution in [0.25, 0.3) is 0 Å². The fourth-order valence-corrected chi connectivity index (χ4v) is 2.36. The van der Waals surface area contributed by atoms with Gasteiger partial charge in [0.05, 0.1) is 18.8 Å². The Balaban J connectivity index is 2.31. The van der Waals surface area contributed by atoms with E-state index >= 15 is 0 Å². The first-order chi connectivity index (χ1) is 7.20. The number of aryl methyl sites for hydroxylation is 1.